The van der Waals surface area contributed by atoms with Gasteiger partial charge < -0.3 is 20.9 Å². The molecule has 1 amide bonds. The third kappa shape index (κ3) is 5.88. The van der Waals surface area contributed by atoms with E-state index in [0.29, 0.717) is 37.3 Å². The van der Waals surface area contributed by atoms with Crippen LogP contribution in [0.25, 0.3) is 5.65 Å². The Labute approximate surface area is 210 Å². The van der Waals surface area contributed by atoms with Crippen molar-refractivity contribution in [3.63, 3.8) is 0 Å². The van der Waals surface area contributed by atoms with E-state index >= 15 is 0 Å². The number of primary amides is 1. The van der Waals surface area contributed by atoms with Gasteiger partial charge in [0.1, 0.15) is 0 Å². The lowest BCUT2D eigenvalue weighted by Crippen LogP contribution is -2.48. The van der Waals surface area contributed by atoms with Crippen molar-refractivity contribution in [2.75, 3.05) is 19.8 Å². The molecule has 0 aromatic carbocycles. The van der Waals surface area contributed by atoms with Crippen LogP contribution in [0.15, 0.2) is 18.5 Å². The highest BCUT2D eigenvalue weighted by Gasteiger charge is 2.53. The molecule has 1 saturated heterocycles. The van der Waals surface area contributed by atoms with Crippen molar-refractivity contribution in [2.45, 2.75) is 69.2 Å². The number of hydrogen-bond donors (Lipinski definition) is 2. The lowest BCUT2D eigenvalue weighted by atomic mass is 9.62. The first-order valence-electron chi connectivity index (χ1n) is 12.2. The van der Waals surface area contributed by atoms with E-state index in [1.54, 1.807) is 12.3 Å². The Morgan fingerprint density at radius 2 is 1.89 bits per heavy atom. The Hall–Kier alpha value is -2.38. The molecule has 2 aromatic rings. The van der Waals surface area contributed by atoms with E-state index < -0.39 is 66.9 Å². The Kier molecular flexibility index (Phi) is 7.52. The van der Waals surface area contributed by atoms with E-state index in [1.165, 1.54) is 10.7 Å². The molecule has 1 aliphatic carbocycles. The van der Waals surface area contributed by atoms with E-state index in [0.717, 1.165) is 13.8 Å². The van der Waals surface area contributed by atoms with Crippen molar-refractivity contribution in [3.05, 3.63) is 29.7 Å². The number of rotatable bonds is 9. The number of aromatic nitrogens is 3. The maximum atomic E-state index is 13.7. The molecular formula is C24H32F5N5O3. The molecule has 13 heteroatoms. The number of carbonyl (C=O) groups excluding carboxylic acids is 1. The van der Waals surface area contributed by atoms with Gasteiger partial charge in [-0.1, -0.05) is 0 Å². The Balaban J connectivity index is 1.61. The highest BCUT2D eigenvalue weighted by molar-refractivity contribution is 5.78. The van der Waals surface area contributed by atoms with Crippen LogP contribution in [0.1, 0.15) is 62.7 Å². The van der Waals surface area contributed by atoms with Gasteiger partial charge in [-0.15, -0.1) is 0 Å². The third-order valence-corrected chi connectivity index (χ3v) is 7.55. The van der Waals surface area contributed by atoms with E-state index in [9.17, 15) is 26.7 Å². The lowest BCUT2D eigenvalue weighted by Gasteiger charge is -2.44. The summed E-state index contributed by atoms with van der Waals surface area (Å²) >= 11 is 0. The second-order valence-electron chi connectivity index (χ2n) is 10.6. The summed E-state index contributed by atoms with van der Waals surface area (Å²) in [6, 6.07) is 0.755. The highest BCUT2D eigenvalue weighted by Crippen LogP contribution is 2.52. The number of imidazole rings is 1. The summed E-state index contributed by atoms with van der Waals surface area (Å²) in [7, 11) is 0. The number of amides is 1. The number of halogens is 5. The fourth-order valence-electron chi connectivity index (χ4n) is 5.25. The SMILES string of the molecule is CC(C)(OC[C@H](N)c1cn2ncc([C@H](C3CCOCC3)C(C(N)=O)C3CC(F)(F)C3)cc2n1)C(F)(F)F. The van der Waals surface area contributed by atoms with Gasteiger partial charge in [-0.25, -0.2) is 18.3 Å². The zero-order valence-electron chi connectivity index (χ0n) is 20.7. The molecule has 2 fully saturated rings. The number of fused-ring (bicyclic) bond motifs is 1. The lowest BCUT2D eigenvalue weighted by molar-refractivity contribution is -0.264. The molecule has 2 aromatic heterocycles. The summed E-state index contributed by atoms with van der Waals surface area (Å²) < 4.78 is 78.7. The van der Waals surface area contributed by atoms with Crippen LogP contribution in [-0.2, 0) is 14.3 Å². The second kappa shape index (κ2) is 10.1. The van der Waals surface area contributed by atoms with Crippen LogP contribution in [0.4, 0.5) is 22.0 Å². The smallest absolute Gasteiger partial charge is 0.381 e. The predicted octanol–water partition coefficient (Wildman–Crippen LogP) is 3.74. The zero-order chi connectivity index (χ0) is 27.2. The van der Waals surface area contributed by atoms with Gasteiger partial charge in [-0.05, 0) is 50.2 Å². The number of carbonyl (C=O) groups is 1. The minimum atomic E-state index is -4.57. The Morgan fingerprint density at radius 1 is 1.24 bits per heavy atom. The summed E-state index contributed by atoms with van der Waals surface area (Å²) in [5, 5.41) is 4.37. The zero-order valence-corrected chi connectivity index (χ0v) is 20.7. The maximum Gasteiger partial charge on any atom is 0.416 e. The Morgan fingerprint density at radius 3 is 2.46 bits per heavy atom. The largest absolute Gasteiger partial charge is 0.416 e. The topological polar surface area (TPSA) is 118 Å². The van der Waals surface area contributed by atoms with E-state index in [2.05, 4.69) is 10.1 Å². The van der Waals surface area contributed by atoms with Gasteiger partial charge in [-0.2, -0.15) is 18.3 Å². The molecule has 206 valence electrons. The summed E-state index contributed by atoms with van der Waals surface area (Å²) in [4.78, 5) is 17.0. The van der Waals surface area contributed by atoms with Gasteiger partial charge in [0.15, 0.2) is 11.2 Å². The number of ether oxygens (including phenoxy) is 2. The molecule has 2 aliphatic rings. The fraction of sp³-hybridized carbons (Fsp3) is 0.708. The molecule has 37 heavy (non-hydrogen) atoms. The summed E-state index contributed by atoms with van der Waals surface area (Å²) in [6.07, 6.45) is -1.03. The first-order valence-corrected chi connectivity index (χ1v) is 12.2. The summed E-state index contributed by atoms with van der Waals surface area (Å²) in [6.45, 7) is 2.38. The van der Waals surface area contributed by atoms with Crippen molar-refractivity contribution in [1.82, 2.24) is 14.6 Å². The highest BCUT2D eigenvalue weighted by atomic mass is 19.4. The number of alkyl halides is 5. The molecule has 0 bridgehead atoms. The van der Waals surface area contributed by atoms with Gasteiger partial charge in [0.05, 0.1) is 30.7 Å². The molecule has 0 spiro atoms. The van der Waals surface area contributed by atoms with Gasteiger partial charge in [-0.3, -0.25) is 4.79 Å². The molecular weight excluding hydrogens is 501 g/mol. The number of hydrogen-bond acceptors (Lipinski definition) is 6. The van der Waals surface area contributed by atoms with Crippen LogP contribution < -0.4 is 11.5 Å². The maximum absolute atomic E-state index is 13.7. The predicted molar refractivity (Wildman–Crippen MR) is 123 cm³/mol. The van der Waals surface area contributed by atoms with Crippen LogP contribution in [0.2, 0.25) is 0 Å². The molecule has 0 radical (unpaired) electrons. The van der Waals surface area contributed by atoms with Crippen molar-refractivity contribution in [2.24, 2.45) is 29.2 Å². The monoisotopic (exact) mass is 533 g/mol. The van der Waals surface area contributed by atoms with Crippen LogP contribution >= 0.6 is 0 Å². The van der Waals surface area contributed by atoms with Crippen LogP contribution in [0.3, 0.4) is 0 Å². The fourth-order valence-corrected chi connectivity index (χ4v) is 5.25. The van der Waals surface area contributed by atoms with Crippen LogP contribution in [-0.4, -0.2) is 58.0 Å². The first-order chi connectivity index (χ1) is 17.2. The molecule has 8 nitrogen and oxygen atoms in total. The average Bonchev–Trinajstić information content (AvgIpc) is 3.22. The normalized spacial score (nSPS) is 21.9. The molecule has 4 N–H and O–H groups in total. The molecule has 4 rings (SSSR count). The first kappa shape index (κ1) is 27.6. The molecule has 3 heterocycles. The number of nitrogens with zero attached hydrogens (tertiary/aromatic N) is 3. The third-order valence-electron chi connectivity index (χ3n) is 7.55. The number of nitrogens with two attached hydrogens (primary N) is 2. The van der Waals surface area contributed by atoms with E-state index in [-0.39, 0.29) is 11.6 Å². The summed E-state index contributed by atoms with van der Waals surface area (Å²) in [5.41, 5.74) is 10.7. The van der Waals surface area contributed by atoms with E-state index in [1.807, 2.05) is 0 Å². The molecule has 1 unspecified atom stereocenters. The minimum absolute atomic E-state index is 0.0283. The minimum Gasteiger partial charge on any atom is -0.381 e. The standard InChI is InChI=1S/C24H32F5N5O3/c1-22(2,24(27,28)29)37-12-16(30)17-11-34-18(33-17)7-14(10-32-34)19(13-3-5-36-6-4-13)20(21(31)35)15-8-23(25,26)9-15/h7,10-11,13,15-16,19-20H,3-6,8-9,12,30H2,1-2H3,(H2,31,35)/t16-,19-,20?/m0/s1. The van der Waals surface area contributed by atoms with Crippen molar-refractivity contribution in [3.8, 4) is 0 Å². The second-order valence-corrected chi connectivity index (χ2v) is 10.6. The average molecular weight is 534 g/mol. The van der Waals surface area contributed by atoms with Gasteiger partial charge >= 0.3 is 6.18 Å². The van der Waals surface area contributed by atoms with Crippen molar-refractivity contribution in [1.29, 1.82) is 0 Å². The molecule has 1 aliphatic heterocycles. The molecule has 1 saturated carbocycles. The Bertz CT molecular complexity index is 1110. The van der Waals surface area contributed by atoms with Crippen LogP contribution in [0.5, 0.6) is 0 Å². The van der Waals surface area contributed by atoms with Gasteiger partial charge in [0, 0.05) is 37.9 Å². The van der Waals surface area contributed by atoms with E-state index in [4.69, 9.17) is 20.9 Å². The summed E-state index contributed by atoms with van der Waals surface area (Å²) in [5.74, 6) is -5.27. The van der Waals surface area contributed by atoms with Crippen LogP contribution in [0, 0.1) is 17.8 Å². The van der Waals surface area contributed by atoms with Crippen molar-refractivity contribution < 1.29 is 36.2 Å². The molecule has 3 atom stereocenters. The van der Waals surface area contributed by atoms with Gasteiger partial charge in [0.25, 0.3) is 0 Å². The quantitative estimate of drug-likeness (QED) is 0.474. The van der Waals surface area contributed by atoms with Gasteiger partial charge in [0.2, 0.25) is 11.8 Å². The van der Waals surface area contributed by atoms with Crippen molar-refractivity contribution >= 4 is 11.6 Å².